The molecule has 2 aliphatic heterocycles. The Morgan fingerprint density at radius 1 is 1.10 bits per heavy atom. The molecule has 3 fully saturated rings. The minimum Gasteiger partial charge on any atom is -0.393 e. The Bertz CT molecular complexity index is 365. The van der Waals surface area contributed by atoms with E-state index in [4.69, 9.17) is 0 Å². The minimum absolute atomic E-state index is 0.147. The van der Waals surface area contributed by atoms with Crippen LogP contribution in [-0.4, -0.2) is 58.6 Å². The van der Waals surface area contributed by atoms with Gasteiger partial charge in [-0.15, -0.1) is 0 Å². The monoisotopic (exact) mass is 294 g/mol. The Labute approximate surface area is 128 Å². The fourth-order valence-corrected chi connectivity index (χ4v) is 4.60. The molecule has 0 aromatic carbocycles. The van der Waals surface area contributed by atoms with E-state index in [-0.39, 0.29) is 12.0 Å². The zero-order valence-corrected chi connectivity index (χ0v) is 13.5. The SMILES string of the molecule is CC1CCC(N(C)C(=O)CN2C3CCC2CC(O)C3)CC1. The molecule has 21 heavy (non-hydrogen) atoms. The predicted octanol–water partition coefficient (Wildman–Crippen LogP) is 2.01. The summed E-state index contributed by atoms with van der Waals surface area (Å²) in [6, 6.07) is 1.31. The Morgan fingerprint density at radius 3 is 2.24 bits per heavy atom. The van der Waals surface area contributed by atoms with E-state index in [2.05, 4.69) is 11.8 Å². The molecule has 2 saturated heterocycles. The number of fused-ring (bicyclic) bond motifs is 2. The molecule has 1 amide bonds. The van der Waals surface area contributed by atoms with Crippen LogP contribution < -0.4 is 0 Å². The number of aliphatic hydroxyl groups excluding tert-OH is 1. The molecule has 0 aromatic heterocycles. The third kappa shape index (κ3) is 3.26. The standard InChI is InChI=1S/C17H30N2O2/c1-12-3-5-13(6-4-12)18(2)17(21)11-19-14-7-8-15(19)10-16(20)9-14/h12-16,20H,3-11H2,1-2H3. The minimum atomic E-state index is -0.147. The second-order valence-electron chi connectivity index (χ2n) is 7.60. The molecule has 0 aromatic rings. The predicted molar refractivity (Wildman–Crippen MR) is 82.9 cm³/mol. The van der Waals surface area contributed by atoms with Crippen LogP contribution in [0.25, 0.3) is 0 Å². The first-order valence-electron chi connectivity index (χ1n) is 8.74. The van der Waals surface area contributed by atoms with Crippen LogP contribution in [0.3, 0.4) is 0 Å². The average molecular weight is 294 g/mol. The van der Waals surface area contributed by atoms with Crippen molar-refractivity contribution in [1.82, 2.24) is 9.80 Å². The highest BCUT2D eigenvalue weighted by Crippen LogP contribution is 2.35. The lowest BCUT2D eigenvalue weighted by Gasteiger charge is -2.39. The zero-order valence-electron chi connectivity index (χ0n) is 13.5. The fourth-order valence-electron chi connectivity index (χ4n) is 4.60. The summed E-state index contributed by atoms with van der Waals surface area (Å²) in [5.74, 6) is 1.10. The molecule has 4 nitrogen and oxygen atoms in total. The Hall–Kier alpha value is -0.610. The normalized spacial score (nSPS) is 40.2. The van der Waals surface area contributed by atoms with Crippen molar-refractivity contribution in [3.63, 3.8) is 0 Å². The molecule has 2 bridgehead atoms. The largest absolute Gasteiger partial charge is 0.393 e. The van der Waals surface area contributed by atoms with Crippen LogP contribution in [0.1, 0.15) is 58.3 Å². The molecule has 0 radical (unpaired) electrons. The van der Waals surface area contributed by atoms with Gasteiger partial charge in [-0.3, -0.25) is 9.69 Å². The number of hydrogen-bond acceptors (Lipinski definition) is 3. The van der Waals surface area contributed by atoms with Gasteiger partial charge in [0.05, 0.1) is 12.6 Å². The lowest BCUT2D eigenvalue weighted by atomic mass is 9.87. The van der Waals surface area contributed by atoms with Gasteiger partial charge in [0, 0.05) is 25.2 Å². The van der Waals surface area contributed by atoms with Crippen molar-refractivity contribution in [2.75, 3.05) is 13.6 Å². The van der Waals surface area contributed by atoms with E-state index >= 15 is 0 Å². The topological polar surface area (TPSA) is 43.8 Å². The Balaban J connectivity index is 1.54. The van der Waals surface area contributed by atoms with Crippen molar-refractivity contribution < 1.29 is 9.90 Å². The highest BCUT2D eigenvalue weighted by molar-refractivity contribution is 5.78. The maximum Gasteiger partial charge on any atom is 0.236 e. The van der Waals surface area contributed by atoms with E-state index in [1.165, 1.54) is 12.8 Å². The average Bonchev–Trinajstić information content (AvgIpc) is 2.70. The zero-order chi connectivity index (χ0) is 15.0. The van der Waals surface area contributed by atoms with E-state index < -0.39 is 0 Å². The van der Waals surface area contributed by atoms with Gasteiger partial charge in [0.2, 0.25) is 5.91 Å². The number of carbonyl (C=O) groups is 1. The van der Waals surface area contributed by atoms with Crippen molar-refractivity contribution in [3.8, 4) is 0 Å². The molecule has 2 unspecified atom stereocenters. The van der Waals surface area contributed by atoms with E-state index in [1.54, 1.807) is 0 Å². The van der Waals surface area contributed by atoms with Crippen molar-refractivity contribution in [2.45, 2.75) is 82.5 Å². The fraction of sp³-hybridized carbons (Fsp3) is 0.941. The van der Waals surface area contributed by atoms with Crippen molar-refractivity contribution in [1.29, 1.82) is 0 Å². The van der Waals surface area contributed by atoms with E-state index in [0.29, 0.717) is 24.7 Å². The summed E-state index contributed by atoms with van der Waals surface area (Å²) in [5, 5.41) is 9.86. The Kier molecular flexibility index (Phi) is 4.55. The number of amides is 1. The molecule has 1 N–H and O–H groups in total. The quantitative estimate of drug-likeness (QED) is 0.866. The molecule has 2 atom stereocenters. The molecule has 0 spiro atoms. The van der Waals surface area contributed by atoms with Gasteiger partial charge in [-0.1, -0.05) is 6.92 Å². The van der Waals surface area contributed by atoms with Crippen molar-refractivity contribution in [3.05, 3.63) is 0 Å². The van der Waals surface area contributed by atoms with E-state index in [9.17, 15) is 9.90 Å². The first-order valence-corrected chi connectivity index (χ1v) is 8.74. The molecule has 2 heterocycles. The van der Waals surface area contributed by atoms with Gasteiger partial charge >= 0.3 is 0 Å². The number of piperidine rings is 1. The number of likely N-dealkylation sites (N-methyl/N-ethyl adjacent to an activating group) is 1. The van der Waals surface area contributed by atoms with Gasteiger partial charge < -0.3 is 10.0 Å². The molecular formula is C17H30N2O2. The summed E-state index contributed by atoms with van der Waals surface area (Å²) in [7, 11) is 1.99. The third-order valence-electron chi connectivity index (χ3n) is 6.10. The van der Waals surface area contributed by atoms with Crippen LogP contribution in [-0.2, 0) is 4.79 Å². The molecule has 3 rings (SSSR count). The van der Waals surface area contributed by atoms with Crippen LogP contribution in [0.2, 0.25) is 0 Å². The lowest BCUT2D eigenvalue weighted by molar-refractivity contribution is -0.135. The number of hydrogen-bond donors (Lipinski definition) is 1. The molecule has 120 valence electrons. The van der Waals surface area contributed by atoms with Gasteiger partial charge in [-0.25, -0.2) is 0 Å². The summed E-state index contributed by atoms with van der Waals surface area (Å²) >= 11 is 0. The molecule has 3 aliphatic rings. The number of aliphatic hydroxyl groups is 1. The highest BCUT2D eigenvalue weighted by atomic mass is 16.3. The molecule has 1 aliphatic carbocycles. The van der Waals surface area contributed by atoms with E-state index in [0.717, 1.165) is 44.4 Å². The van der Waals surface area contributed by atoms with Crippen LogP contribution in [0.4, 0.5) is 0 Å². The second-order valence-corrected chi connectivity index (χ2v) is 7.60. The van der Waals surface area contributed by atoms with Gasteiger partial charge in [0.1, 0.15) is 0 Å². The van der Waals surface area contributed by atoms with Crippen LogP contribution in [0.5, 0.6) is 0 Å². The summed E-state index contributed by atoms with van der Waals surface area (Å²) in [6.45, 7) is 2.87. The smallest absolute Gasteiger partial charge is 0.236 e. The summed E-state index contributed by atoms with van der Waals surface area (Å²) < 4.78 is 0. The van der Waals surface area contributed by atoms with Gasteiger partial charge in [-0.2, -0.15) is 0 Å². The lowest BCUT2D eigenvalue weighted by Crippen LogP contribution is -2.51. The van der Waals surface area contributed by atoms with Gasteiger partial charge in [0.15, 0.2) is 0 Å². The second kappa shape index (κ2) is 6.25. The summed E-state index contributed by atoms with van der Waals surface area (Å²) in [4.78, 5) is 17.0. The third-order valence-corrected chi connectivity index (χ3v) is 6.10. The van der Waals surface area contributed by atoms with Crippen LogP contribution in [0.15, 0.2) is 0 Å². The molecular weight excluding hydrogens is 264 g/mol. The first kappa shape index (κ1) is 15.3. The maximum atomic E-state index is 12.6. The van der Waals surface area contributed by atoms with Crippen molar-refractivity contribution >= 4 is 5.91 Å². The number of rotatable bonds is 3. The molecule has 1 saturated carbocycles. The van der Waals surface area contributed by atoms with Gasteiger partial charge in [-0.05, 0) is 57.3 Å². The summed E-state index contributed by atoms with van der Waals surface area (Å²) in [6.07, 6.45) is 8.70. The highest BCUT2D eigenvalue weighted by Gasteiger charge is 2.41. The molecule has 4 heteroatoms. The van der Waals surface area contributed by atoms with Crippen LogP contribution in [0, 0.1) is 5.92 Å². The first-order chi connectivity index (χ1) is 10.0. The van der Waals surface area contributed by atoms with Crippen molar-refractivity contribution in [2.24, 2.45) is 5.92 Å². The maximum absolute atomic E-state index is 12.6. The van der Waals surface area contributed by atoms with Crippen LogP contribution >= 0.6 is 0 Å². The Morgan fingerprint density at radius 2 is 1.67 bits per heavy atom. The summed E-state index contributed by atoms with van der Waals surface area (Å²) in [5.41, 5.74) is 0. The number of carbonyl (C=O) groups excluding carboxylic acids is 1. The van der Waals surface area contributed by atoms with E-state index in [1.807, 2.05) is 11.9 Å². The number of nitrogens with zero attached hydrogens (tertiary/aromatic N) is 2. The van der Waals surface area contributed by atoms with Gasteiger partial charge in [0.25, 0.3) is 0 Å².